The van der Waals surface area contributed by atoms with Gasteiger partial charge in [0.25, 0.3) is 0 Å². The number of nitrogens with zero attached hydrogens (tertiary/aromatic N) is 1. The second-order valence-corrected chi connectivity index (χ2v) is 8.73. The molecule has 2 N–H and O–H groups in total. The number of nitrogens with one attached hydrogen (secondary N) is 2. The summed E-state index contributed by atoms with van der Waals surface area (Å²) in [5.41, 5.74) is 0. The van der Waals surface area contributed by atoms with Crippen LogP contribution >= 0.6 is 34.8 Å². The van der Waals surface area contributed by atoms with Crippen molar-refractivity contribution >= 4 is 50.6 Å². The van der Waals surface area contributed by atoms with E-state index in [4.69, 9.17) is 39.5 Å². The van der Waals surface area contributed by atoms with Gasteiger partial charge in [-0.1, -0.05) is 34.8 Å². The number of ether oxygens (including phenoxy) is 1. The first-order valence-corrected chi connectivity index (χ1v) is 10.9. The van der Waals surface area contributed by atoms with E-state index in [1.54, 1.807) is 12.1 Å². The van der Waals surface area contributed by atoms with E-state index in [1.807, 2.05) is 6.92 Å². The fraction of sp³-hybridized carbons (Fsp3) is 0.533. The summed E-state index contributed by atoms with van der Waals surface area (Å²) in [5.74, 6) is 1.09. The molecule has 142 valence electrons. The van der Waals surface area contributed by atoms with E-state index in [9.17, 15) is 8.42 Å². The van der Waals surface area contributed by atoms with Crippen molar-refractivity contribution < 1.29 is 13.2 Å². The molecule has 0 saturated heterocycles. The van der Waals surface area contributed by atoms with Crippen molar-refractivity contribution in [3.63, 3.8) is 0 Å². The van der Waals surface area contributed by atoms with Crippen molar-refractivity contribution in [1.82, 2.24) is 10.6 Å². The number of hydrogen-bond donors (Lipinski definition) is 2. The van der Waals surface area contributed by atoms with Crippen molar-refractivity contribution in [3.05, 3.63) is 27.2 Å². The average Bonchev–Trinajstić information content (AvgIpc) is 2.48. The molecular weight excluding hydrogens is 409 g/mol. The van der Waals surface area contributed by atoms with Gasteiger partial charge in [-0.05, 0) is 25.5 Å². The Bertz CT molecular complexity index is 674. The lowest BCUT2D eigenvalue weighted by molar-refractivity contribution is 0.322. The molecule has 6 nitrogen and oxygen atoms in total. The molecule has 10 heteroatoms. The van der Waals surface area contributed by atoms with Crippen LogP contribution in [0.15, 0.2) is 17.1 Å². The third-order valence-corrected chi connectivity index (χ3v) is 4.70. The summed E-state index contributed by atoms with van der Waals surface area (Å²) >= 11 is 17.9. The SMILES string of the molecule is CCNC(=NCCCS(C)(=O)=O)NCCOc1c(Cl)cc(Cl)cc1Cl. The van der Waals surface area contributed by atoms with Crippen molar-refractivity contribution in [2.75, 3.05) is 38.2 Å². The molecule has 0 atom stereocenters. The maximum absolute atomic E-state index is 11.1. The van der Waals surface area contributed by atoms with Crippen molar-refractivity contribution in [1.29, 1.82) is 0 Å². The van der Waals surface area contributed by atoms with Crippen LogP contribution in [-0.4, -0.2) is 52.6 Å². The smallest absolute Gasteiger partial charge is 0.191 e. The van der Waals surface area contributed by atoms with E-state index in [1.165, 1.54) is 6.26 Å². The molecule has 0 spiro atoms. The van der Waals surface area contributed by atoms with Crippen LogP contribution in [0.3, 0.4) is 0 Å². The average molecular weight is 431 g/mol. The Morgan fingerprint density at radius 1 is 1.20 bits per heavy atom. The standard InChI is InChI=1S/C15H22Cl3N3O3S/c1-3-19-15(20-5-4-8-25(2,22)23)21-6-7-24-14-12(17)9-11(16)10-13(14)18/h9-10H,3-8H2,1-2H3,(H2,19,20,21). The van der Waals surface area contributed by atoms with Gasteiger partial charge in [0.05, 0.1) is 22.3 Å². The molecule has 0 aliphatic rings. The molecule has 0 aromatic heterocycles. The summed E-state index contributed by atoms with van der Waals surface area (Å²) in [5, 5.41) is 7.30. The first-order chi connectivity index (χ1) is 11.7. The van der Waals surface area contributed by atoms with Crippen molar-refractivity contribution in [2.45, 2.75) is 13.3 Å². The molecule has 1 aromatic carbocycles. The van der Waals surface area contributed by atoms with E-state index in [0.29, 0.717) is 59.4 Å². The number of guanidine groups is 1. The van der Waals surface area contributed by atoms with E-state index in [-0.39, 0.29) is 5.75 Å². The van der Waals surface area contributed by atoms with Gasteiger partial charge >= 0.3 is 0 Å². The lowest BCUT2D eigenvalue weighted by Crippen LogP contribution is -2.39. The number of halogens is 3. The highest BCUT2D eigenvalue weighted by atomic mass is 35.5. The predicted molar refractivity (Wildman–Crippen MR) is 105 cm³/mol. The van der Waals surface area contributed by atoms with Gasteiger partial charge in [-0.3, -0.25) is 4.99 Å². The second kappa shape index (κ2) is 11.0. The fourth-order valence-corrected chi connectivity index (χ4v) is 3.43. The minimum Gasteiger partial charge on any atom is -0.489 e. The minimum atomic E-state index is -2.96. The normalized spacial score (nSPS) is 12.1. The van der Waals surface area contributed by atoms with Crippen LogP contribution < -0.4 is 15.4 Å². The van der Waals surface area contributed by atoms with Crippen LogP contribution in [0.4, 0.5) is 0 Å². The number of sulfone groups is 1. The van der Waals surface area contributed by atoms with Gasteiger partial charge in [0, 0.05) is 24.4 Å². The summed E-state index contributed by atoms with van der Waals surface area (Å²) in [6.45, 7) is 3.82. The molecule has 0 fully saturated rings. The summed E-state index contributed by atoms with van der Waals surface area (Å²) in [6.07, 6.45) is 1.69. The summed E-state index contributed by atoms with van der Waals surface area (Å²) in [6, 6.07) is 3.12. The molecule has 1 rings (SSSR count). The van der Waals surface area contributed by atoms with E-state index in [2.05, 4.69) is 15.6 Å². The largest absolute Gasteiger partial charge is 0.489 e. The molecule has 0 aliphatic heterocycles. The van der Waals surface area contributed by atoms with Crippen LogP contribution in [0.25, 0.3) is 0 Å². The Labute approximate surface area is 163 Å². The second-order valence-electron chi connectivity index (χ2n) is 5.22. The molecule has 0 radical (unpaired) electrons. The van der Waals surface area contributed by atoms with Crippen LogP contribution in [0.2, 0.25) is 15.1 Å². The van der Waals surface area contributed by atoms with E-state index in [0.717, 1.165) is 0 Å². The predicted octanol–water partition coefficient (Wildman–Crippen LogP) is 3.02. The molecule has 0 amide bonds. The maximum atomic E-state index is 11.1. The van der Waals surface area contributed by atoms with Crippen LogP contribution in [0.5, 0.6) is 5.75 Å². The molecule has 0 aliphatic carbocycles. The van der Waals surface area contributed by atoms with Gasteiger partial charge in [0.15, 0.2) is 11.7 Å². The number of aliphatic imine (C=N–C) groups is 1. The summed E-state index contributed by atoms with van der Waals surface area (Å²) < 4.78 is 27.8. The highest BCUT2D eigenvalue weighted by Crippen LogP contribution is 2.35. The van der Waals surface area contributed by atoms with Crippen molar-refractivity contribution in [2.24, 2.45) is 4.99 Å². The minimum absolute atomic E-state index is 0.118. The molecule has 1 aromatic rings. The summed E-state index contributed by atoms with van der Waals surface area (Å²) in [4.78, 5) is 4.31. The molecule has 0 heterocycles. The maximum Gasteiger partial charge on any atom is 0.191 e. The van der Waals surface area contributed by atoms with Crippen LogP contribution in [0, 0.1) is 0 Å². The molecular formula is C15H22Cl3N3O3S. The topological polar surface area (TPSA) is 79.8 Å². The Kier molecular flexibility index (Phi) is 9.71. The quantitative estimate of drug-likeness (QED) is 0.358. The first kappa shape index (κ1) is 22.2. The van der Waals surface area contributed by atoms with E-state index < -0.39 is 9.84 Å². The first-order valence-electron chi connectivity index (χ1n) is 7.70. The Morgan fingerprint density at radius 2 is 1.84 bits per heavy atom. The number of benzene rings is 1. The van der Waals surface area contributed by atoms with Crippen molar-refractivity contribution in [3.8, 4) is 5.75 Å². The highest BCUT2D eigenvalue weighted by molar-refractivity contribution is 7.90. The fourth-order valence-electron chi connectivity index (χ4n) is 1.85. The van der Waals surface area contributed by atoms with Gasteiger partial charge in [0.2, 0.25) is 0 Å². The lowest BCUT2D eigenvalue weighted by atomic mass is 10.3. The number of rotatable bonds is 9. The van der Waals surface area contributed by atoms with Gasteiger partial charge in [-0.15, -0.1) is 0 Å². The molecule has 25 heavy (non-hydrogen) atoms. The van der Waals surface area contributed by atoms with Gasteiger partial charge < -0.3 is 15.4 Å². The molecule has 0 unspecified atom stereocenters. The number of hydrogen-bond acceptors (Lipinski definition) is 4. The molecule has 0 bridgehead atoms. The van der Waals surface area contributed by atoms with Gasteiger partial charge in [-0.2, -0.15) is 0 Å². The molecule has 0 saturated carbocycles. The zero-order chi connectivity index (χ0) is 18.9. The monoisotopic (exact) mass is 429 g/mol. The zero-order valence-corrected chi connectivity index (χ0v) is 17.2. The van der Waals surface area contributed by atoms with E-state index >= 15 is 0 Å². The summed E-state index contributed by atoms with van der Waals surface area (Å²) in [7, 11) is -2.96. The lowest BCUT2D eigenvalue weighted by Gasteiger charge is -2.13. The van der Waals surface area contributed by atoms with Gasteiger partial charge in [-0.25, -0.2) is 8.42 Å². The Morgan fingerprint density at radius 3 is 2.40 bits per heavy atom. The van der Waals surface area contributed by atoms with Crippen LogP contribution in [0.1, 0.15) is 13.3 Å². The van der Waals surface area contributed by atoms with Crippen LogP contribution in [-0.2, 0) is 9.84 Å². The van der Waals surface area contributed by atoms with Gasteiger partial charge in [0.1, 0.15) is 16.4 Å². The highest BCUT2D eigenvalue weighted by Gasteiger charge is 2.09. The third-order valence-electron chi connectivity index (χ3n) is 2.89. The third kappa shape index (κ3) is 9.39. The Hall–Kier alpha value is -0.890. The Balaban J connectivity index is 2.45. The zero-order valence-electron chi connectivity index (χ0n) is 14.1.